The van der Waals surface area contributed by atoms with Gasteiger partial charge in [-0.15, -0.1) is 0 Å². The topological polar surface area (TPSA) is 50.4 Å². The van der Waals surface area contributed by atoms with Crippen LogP contribution in [0.3, 0.4) is 0 Å². The highest BCUT2D eigenvalue weighted by Crippen LogP contribution is 1.91. The highest BCUT2D eigenvalue weighted by atomic mass is 16.5. The van der Waals surface area contributed by atoms with Crippen molar-refractivity contribution in [2.75, 3.05) is 26.2 Å². The Bertz CT molecular complexity index is 164. The summed E-state index contributed by atoms with van der Waals surface area (Å²) in [6.07, 6.45) is 1.56. The van der Waals surface area contributed by atoms with Gasteiger partial charge in [0.25, 0.3) is 0 Å². The van der Waals surface area contributed by atoms with Crippen molar-refractivity contribution in [1.82, 2.24) is 10.6 Å². The number of rotatable bonds is 3. The summed E-state index contributed by atoms with van der Waals surface area (Å²) in [4.78, 5) is 11.2. The molecular weight excluding hydrogens is 156 g/mol. The lowest BCUT2D eigenvalue weighted by molar-refractivity contribution is -0.145. The fraction of sp³-hybridized carbons (Fsp3) is 0.625. The highest BCUT2D eigenvalue weighted by Gasteiger charge is 2.20. The SMILES string of the molecule is C=CCOC(=O)C1CNCCN1. The normalized spacial score (nSPS) is 23.2. The molecule has 12 heavy (non-hydrogen) atoms. The lowest BCUT2D eigenvalue weighted by Crippen LogP contribution is -2.52. The zero-order valence-electron chi connectivity index (χ0n) is 7.01. The summed E-state index contributed by atoms with van der Waals surface area (Å²) in [7, 11) is 0. The van der Waals surface area contributed by atoms with Crippen molar-refractivity contribution in [1.29, 1.82) is 0 Å². The average Bonchev–Trinajstić information content (AvgIpc) is 2.15. The van der Waals surface area contributed by atoms with Crippen LogP contribution in [-0.4, -0.2) is 38.3 Å². The molecule has 1 rings (SSSR count). The third kappa shape index (κ3) is 2.64. The second kappa shape index (κ2) is 4.90. The van der Waals surface area contributed by atoms with E-state index in [9.17, 15) is 4.79 Å². The number of nitrogens with one attached hydrogen (secondary N) is 2. The summed E-state index contributed by atoms with van der Waals surface area (Å²) in [5.41, 5.74) is 0. The van der Waals surface area contributed by atoms with Crippen LogP contribution >= 0.6 is 0 Å². The van der Waals surface area contributed by atoms with Crippen LogP contribution in [-0.2, 0) is 9.53 Å². The molecule has 0 spiro atoms. The minimum absolute atomic E-state index is 0.196. The molecule has 1 heterocycles. The molecule has 4 nitrogen and oxygen atoms in total. The smallest absolute Gasteiger partial charge is 0.324 e. The molecule has 0 radical (unpaired) electrons. The summed E-state index contributed by atoms with van der Waals surface area (Å²) < 4.78 is 4.87. The van der Waals surface area contributed by atoms with Gasteiger partial charge in [-0.25, -0.2) is 0 Å². The molecule has 0 saturated carbocycles. The van der Waals surface area contributed by atoms with Crippen LogP contribution in [0.4, 0.5) is 0 Å². The molecule has 0 aromatic heterocycles. The summed E-state index contributed by atoms with van der Waals surface area (Å²) >= 11 is 0. The van der Waals surface area contributed by atoms with Crippen molar-refractivity contribution in [2.24, 2.45) is 0 Å². The lowest BCUT2D eigenvalue weighted by atomic mass is 10.2. The minimum atomic E-state index is -0.206. The first-order valence-corrected chi connectivity index (χ1v) is 4.06. The maximum atomic E-state index is 11.2. The number of ether oxygens (including phenoxy) is 1. The molecule has 1 saturated heterocycles. The molecule has 1 fully saturated rings. The van der Waals surface area contributed by atoms with Crippen molar-refractivity contribution in [3.8, 4) is 0 Å². The molecule has 1 aliphatic heterocycles. The number of esters is 1. The molecule has 0 aliphatic carbocycles. The number of carbonyl (C=O) groups excluding carboxylic acids is 1. The predicted molar refractivity (Wildman–Crippen MR) is 45.8 cm³/mol. The minimum Gasteiger partial charge on any atom is -0.460 e. The number of carbonyl (C=O) groups is 1. The molecule has 0 aromatic rings. The molecular formula is C8H14N2O2. The Morgan fingerprint density at radius 1 is 1.67 bits per heavy atom. The van der Waals surface area contributed by atoms with E-state index in [0.29, 0.717) is 6.54 Å². The van der Waals surface area contributed by atoms with E-state index in [0.717, 1.165) is 13.1 Å². The van der Waals surface area contributed by atoms with Crippen LogP contribution < -0.4 is 10.6 Å². The van der Waals surface area contributed by atoms with E-state index in [1.165, 1.54) is 0 Å². The fourth-order valence-electron chi connectivity index (χ4n) is 1.06. The second-order valence-electron chi connectivity index (χ2n) is 2.63. The first-order valence-electron chi connectivity index (χ1n) is 4.06. The maximum Gasteiger partial charge on any atom is 0.324 e. The highest BCUT2D eigenvalue weighted by molar-refractivity contribution is 5.76. The van der Waals surface area contributed by atoms with Gasteiger partial charge in [0, 0.05) is 19.6 Å². The predicted octanol–water partition coefficient (Wildman–Crippen LogP) is -0.723. The quantitative estimate of drug-likeness (QED) is 0.433. The van der Waals surface area contributed by atoms with Gasteiger partial charge >= 0.3 is 5.97 Å². The Morgan fingerprint density at radius 3 is 3.08 bits per heavy atom. The van der Waals surface area contributed by atoms with E-state index in [4.69, 9.17) is 4.74 Å². The molecule has 1 unspecified atom stereocenters. The molecule has 0 aromatic carbocycles. The largest absolute Gasteiger partial charge is 0.460 e. The molecule has 1 atom stereocenters. The summed E-state index contributed by atoms with van der Waals surface area (Å²) in [5, 5.41) is 6.16. The van der Waals surface area contributed by atoms with Crippen molar-refractivity contribution >= 4 is 5.97 Å². The second-order valence-corrected chi connectivity index (χ2v) is 2.63. The van der Waals surface area contributed by atoms with Crippen molar-refractivity contribution in [2.45, 2.75) is 6.04 Å². The standard InChI is InChI=1S/C8H14N2O2/c1-2-5-12-8(11)7-6-9-3-4-10-7/h2,7,9-10H,1,3-6H2. The van der Waals surface area contributed by atoms with Crippen molar-refractivity contribution in [3.63, 3.8) is 0 Å². The van der Waals surface area contributed by atoms with E-state index in [2.05, 4.69) is 17.2 Å². The van der Waals surface area contributed by atoms with Gasteiger partial charge in [-0.1, -0.05) is 12.7 Å². The fourth-order valence-corrected chi connectivity index (χ4v) is 1.06. The zero-order valence-corrected chi connectivity index (χ0v) is 7.01. The number of hydrogen-bond acceptors (Lipinski definition) is 4. The monoisotopic (exact) mass is 170 g/mol. The van der Waals surface area contributed by atoms with Gasteiger partial charge in [-0.05, 0) is 0 Å². The van der Waals surface area contributed by atoms with E-state index >= 15 is 0 Å². The van der Waals surface area contributed by atoms with Gasteiger partial charge in [0.1, 0.15) is 12.6 Å². The summed E-state index contributed by atoms with van der Waals surface area (Å²) in [6, 6.07) is -0.196. The number of piperazine rings is 1. The third-order valence-corrected chi connectivity index (χ3v) is 1.67. The molecule has 1 aliphatic rings. The van der Waals surface area contributed by atoms with Crippen LogP contribution in [0.15, 0.2) is 12.7 Å². The van der Waals surface area contributed by atoms with Crippen LogP contribution in [0.1, 0.15) is 0 Å². The molecule has 68 valence electrons. The van der Waals surface area contributed by atoms with E-state index in [-0.39, 0.29) is 18.6 Å². The molecule has 0 bridgehead atoms. The maximum absolute atomic E-state index is 11.2. The Hall–Kier alpha value is -0.870. The first-order chi connectivity index (χ1) is 5.84. The van der Waals surface area contributed by atoms with Crippen LogP contribution in [0.25, 0.3) is 0 Å². The number of hydrogen-bond donors (Lipinski definition) is 2. The lowest BCUT2D eigenvalue weighted by Gasteiger charge is -2.22. The Labute approximate surface area is 72.0 Å². The van der Waals surface area contributed by atoms with Gasteiger partial charge in [-0.2, -0.15) is 0 Å². The van der Waals surface area contributed by atoms with Crippen molar-refractivity contribution < 1.29 is 9.53 Å². The van der Waals surface area contributed by atoms with Crippen molar-refractivity contribution in [3.05, 3.63) is 12.7 Å². The van der Waals surface area contributed by atoms with Gasteiger partial charge in [0.05, 0.1) is 0 Å². The summed E-state index contributed by atoms with van der Waals surface area (Å²) in [5.74, 6) is -0.206. The Morgan fingerprint density at radius 2 is 2.50 bits per heavy atom. The Balaban J connectivity index is 2.24. The molecule has 2 N–H and O–H groups in total. The van der Waals surface area contributed by atoms with E-state index < -0.39 is 0 Å². The van der Waals surface area contributed by atoms with Crippen LogP contribution in [0.2, 0.25) is 0 Å². The van der Waals surface area contributed by atoms with Gasteiger partial charge in [0.2, 0.25) is 0 Å². The first kappa shape index (κ1) is 9.22. The van der Waals surface area contributed by atoms with Crippen LogP contribution in [0.5, 0.6) is 0 Å². The van der Waals surface area contributed by atoms with Gasteiger partial charge < -0.3 is 15.4 Å². The summed E-state index contributed by atoms with van der Waals surface area (Å²) in [6.45, 7) is 6.12. The van der Waals surface area contributed by atoms with Gasteiger partial charge in [-0.3, -0.25) is 4.79 Å². The molecule has 4 heteroatoms. The molecule has 0 amide bonds. The Kier molecular flexibility index (Phi) is 3.76. The van der Waals surface area contributed by atoms with E-state index in [1.807, 2.05) is 0 Å². The average molecular weight is 170 g/mol. The van der Waals surface area contributed by atoms with Crippen LogP contribution in [0, 0.1) is 0 Å². The van der Waals surface area contributed by atoms with E-state index in [1.54, 1.807) is 6.08 Å². The zero-order chi connectivity index (χ0) is 8.81. The van der Waals surface area contributed by atoms with Gasteiger partial charge in [0.15, 0.2) is 0 Å². The third-order valence-electron chi connectivity index (χ3n) is 1.67.